The largest absolute Gasteiger partial charge is 0.383 e. The maximum absolute atomic E-state index is 6.10. The highest BCUT2D eigenvalue weighted by Crippen LogP contribution is 2.43. The molecule has 1 aromatic heterocycles. The maximum atomic E-state index is 6.10. The average molecular weight is 262 g/mol. The van der Waals surface area contributed by atoms with Crippen LogP contribution in [0.25, 0.3) is 0 Å². The molecule has 19 heavy (non-hydrogen) atoms. The van der Waals surface area contributed by atoms with Gasteiger partial charge in [-0.15, -0.1) is 0 Å². The Morgan fingerprint density at radius 2 is 2.11 bits per heavy atom. The standard InChI is InChI=1S/C15H22N2O2/c1-11-2-6-17-14(16)13(11)12-3-7-19-15(10-12)4-8-18-9-5-15/h2,6,12H,3-5,7-10H2,1H3,(H2,16,17). The molecule has 2 saturated heterocycles. The zero-order valence-electron chi connectivity index (χ0n) is 11.5. The zero-order chi connectivity index (χ0) is 13.3. The van der Waals surface area contributed by atoms with E-state index in [9.17, 15) is 0 Å². The number of rotatable bonds is 1. The fourth-order valence-corrected chi connectivity index (χ4v) is 3.49. The first kappa shape index (κ1) is 12.9. The predicted octanol–water partition coefficient (Wildman–Crippen LogP) is 2.42. The number of nitrogens with two attached hydrogens (primary N) is 1. The van der Waals surface area contributed by atoms with Crippen LogP contribution in [0.15, 0.2) is 12.3 Å². The molecule has 1 aromatic rings. The molecule has 0 aromatic carbocycles. The van der Waals surface area contributed by atoms with Gasteiger partial charge in [0.25, 0.3) is 0 Å². The summed E-state index contributed by atoms with van der Waals surface area (Å²) < 4.78 is 11.6. The van der Waals surface area contributed by atoms with Crippen LogP contribution in [0.5, 0.6) is 0 Å². The van der Waals surface area contributed by atoms with Crippen LogP contribution in [0.3, 0.4) is 0 Å². The molecule has 3 heterocycles. The first-order valence-corrected chi connectivity index (χ1v) is 7.13. The number of nitrogen functional groups attached to an aromatic ring is 1. The minimum atomic E-state index is 0.00981. The highest BCUT2D eigenvalue weighted by atomic mass is 16.5. The molecule has 0 aliphatic carbocycles. The van der Waals surface area contributed by atoms with Crippen molar-refractivity contribution in [3.8, 4) is 0 Å². The molecular formula is C15H22N2O2. The topological polar surface area (TPSA) is 57.4 Å². The fourth-order valence-electron chi connectivity index (χ4n) is 3.49. The maximum Gasteiger partial charge on any atom is 0.127 e. The quantitative estimate of drug-likeness (QED) is 0.844. The molecule has 2 aliphatic rings. The monoisotopic (exact) mass is 262 g/mol. The number of aromatic nitrogens is 1. The van der Waals surface area contributed by atoms with Crippen molar-refractivity contribution in [3.05, 3.63) is 23.4 Å². The molecule has 4 heteroatoms. The third-order valence-corrected chi connectivity index (χ3v) is 4.54. The Kier molecular flexibility index (Phi) is 3.46. The summed E-state index contributed by atoms with van der Waals surface area (Å²) in [6.07, 6.45) is 5.88. The number of aryl methyl sites for hydroxylation is 1. The van der Waals surface area contributed by atoms with Crippen molar-refractivity contribution in [2.24, 2.45) is 0 Å². The SMILES string of the molecule is Cc1ccnc(N)c1C1CCOC2(CCOCC2)C1. The van der Waals surface area contributed by atoms with Crippen LogP contribution in [-0.4, -0.2) is 30.4 Å². The van der Waals surface area contributed by atoms with Crippen LogP contribution < -0.4 is 5.73 Å². The Morgan fingerprint density at radius 3 is 2.84 bits per heavy atom. The molecule has 0 amide bonds. The van der Waals surface area contributed by atoms with Crippen molar-refractivity contribution in [3.63, 3.8) is 0 Å². The van der Waals surface area contributed by atoms with Gasteiger partial charge < -0.3 is 15.2 Å². The lowest BCUT2D eigenvalue weighted by molar-refractivity contribution is -0.138. The van der Waals surface area contributed by atoms with E-state index in [0.717, 1.165) is 45.5 Å². The molecule has 0 saturated carbocycles. The second-order valence-electron chi connectivity index (χ2n) is 5.76. The van der Waals surface area contributed by atoms with Crippen molar-refractivity contribution in [1.29, 1.82) is 0 Å². The van der Waals surface area contributed by atoms with Gasteiger partial charge in [0.2, 0.25) is 0 Å². The van der Waals surface area contributed by atoms with Gasteiger partial charge in [0.15, 0.2) is 0 Å². The van der Waals surface area contributed by atoms with Gasteiger partial charge in [-0.3, -0.25) is 0 Å². The van der Waals surface area contributed by atoms with Crippen LogP contribution in [0, 0.1) is 6.92 Å². The van der Waals surface area contributed by atoms with Crippen LogP contribution in [-0.2, 0) is 9.47 Å². The molecule has 0 bridgehead atoms. The van der Waals surface area contributed by atoms with Gasteiger partial charge in [-0.2, -0.15) is 0 Å². The number of nitrogens with zero attached hydrogens (tertiary/aromatic N) is 1. The number of anilines is 1. The van der Waals surface area contributed by atoms with E-state index in [1.165, 1.54) is 11.1 Å². The van der Waals surface area contributed by atoms with Gasteiger partial charge in [-0.1, -0.05) is 0 Å². The van der Waals surface area contributed by atoms with E-state index in [4.69, 9.17) is 15.2 Å². The molecule has 2 fully saturated rings. The Bertz CT molecular complexity index is 430. The van der Waals surface area contributed by atoms with Crippen LogP contribution in [0.1, 0.15) is 42.7 Å². The average Bonchev–Trinajstić information content (AvgIpc) is 2.39. The second kappa shape index (κ2) is 5.10. The molecule has 2 aliphatic heterocycles. The number of pyridine rings is 1. The predicted molar refractivity (Wildman–Crippen MR) is 74.1 cm³/mol. The van der Waals surface area contributed by atoms with E-state index in [2.05, 4.69) is 18.0 Å². The minimum Gasteiger partial charge on any atom is -0.383 e. The van der Waals surface area contributed by atoms with Crippen molar-refractivity contribution in [1.82, 2.24) is 4.98 Å². The third kappa shape index (κ3) is 2.47. The van der Waals surface area contributed by atoms with Crippen molar-refractivity contribution >= 4 is 5.82 Å². The summed E-state index contributed by atoms with van der Waals surface area (Å²) in [6, 6.07) is 2.05. The molecule has 4 nitrogen and oxygen atoms in total. The number of ether oxygens (including phenoxy) is 2. The molecule has 1 spiro atoms. The van der Waals surface area contributed by atoms with Crippen molar-refractivity contribution in [2.75, 3.05) is 25.6 Å². The molecule has 1 unspecified atom stereocenters. The van der Waals surface area contributed by atoms with Crippen molar-refractivity contribution < 1.29 is 9.47 Å². The van der Waals surface area contributed by atoms with Gasteiger partial charge in [0.05, 0.1) is 5.60 Å². The minimum absolute atomic E-state index is 0.00981. The Hall–Kier alpha value is -1.13. The lowest BCUT2D eigenvalue weighted by Gasteiger charge is -2.43. The summed E-state index contributed by atoms with van der Waals surface area (Å²) in [5.74, 6) is 1.16. The summed E-state index contributed by atoms with van der Waals surface area (Å²) in [5.41, 5.74) is 8.59. The van der Waals surface area contributed by atoms with E-state index >= 15 is 0 Å². The molecule has 104 valence electrons. The van der Waals surface area contributed by atoms with Gasteiger partial charge in [0.1, 0.15) is 5.82 Å². The highest BCUT2D eigenvalue weighted by molar-refractivity contribution is 5.46. The van der Waals surface area contributed by atoms with Gasteiger partial charge >= 0.3 is 0 Å². The van der Waals surface area contributed by atoms with E-state index in [0.29, 0.717) is 11.7 Å². The molecule has 0 radical (unpaired) electrons. The van der Waals surface area contributed by atoms with Gasteiger partial charge in [-0.25, -0.2) is 4.98 Å². The van der Waals surface area contributed by atoms with E-state index in [1.807, 2.05) is 0 Å². The molecular weight excluding hydrogens is 240 g/mol. The number of hydrogen-bond donors (Lipinski definition) is 1. The summed E-state index contributed by atoms with van der Waals surface area (Å²) in [6.45, 7) is 4.57. The van der Waals surface area contributed by atoms with Crippen molar-refractivity contribution in [2.45, 2.75) is 44.1 Å². The van der Waals surface area contributed by atoms with Gasteiger partial charge in [0, 0.05) is 31.6 Å². The summed E-state index contributed by atoms with van der Waals surface area (Å²) in [5, 5.41) is 0. The zero-order valence-corrected chi connectivity index (χ0v) is 11.5. The van der Waals surface area contributed by atoms with E-state index < -0.39 is 0 Å². The lowest BCUT2D eigenvalue weighted by Crippen LogP contribution is -2.44. The Labute approximate surface area is 114 Å². The first-order chi connectivity index (χ1) is 9.20. The first-order valence-electron chi connectivity index (χ1n) is 7.13. The fraction of sp³-hybridized carbons (Fsp3) is 0.667. The number of hydrogen-bond acceptors (Lipinski definition) is 4. The normalized spacial score (nSPS) is 26.5. The van der Waals surface area contributed by atoms with E-state index in [1.54, 1.807) is 6.20 Å². The summed E-state index contributed by atoms with van der Waals surface area (Å²) in [4.78, 5) is 4.26. The lowest BCUT2D eigenvalue weighted by atomic mass is 9.77. The van der Waals surface area contributed by atoms with Crippen LogP contribution in [0.2, 0.25) is 0 Å². The molecule has 3 rings (SSSR count). The highest BCUT2D eigenvalue weighted by Gasteiger charge is 2.40. The third-order valence-electron chi connectivity index (χ3n) is 4.54. The van der Waals surface area contributed by atoms with E-state index in [-0.39, 0.29) is 5.60 Å². The van der Waals surface area contributed by atoms with Crippen LogP contribution >= 0.6 is 0 Å². The Morgan fingerprint density at radius 1 is 1.32 bits per heavy atom. The van der Waals surface area contributed by atoms with Gasteiger partial charge in [-0.05, 0) is 50.2 Å². The molecule has 2 N–H and O–H groups in total. The molecule has 1 atom stereocenters. The van der Waals surface area contributed by atoms with Crippen LogP contribution in [0.4, 0.5) is 5.82 Å². The smallest absolute Gasteiger partial charge is 0.127 e. The summed E-state index contributed by atoms with van der Waals surface area (Å²) >= 11 is 0. The Balaban J connectivity index is 1.85. The second-order valence-corrected chi connectivity index (χ2v) is 5.76. The summed E-state index contributed by atoms with van der Waals surface area (Å²) in [7, 11) is 0.